The van der Waals surface area contributed by atoms with Crippen LogP contribution in [0.4, 0.5) is 4.39 Å². The van der Waals surface area contributed by atoms with E-state index in [0.717, 1.165) is 17.6 Å². The highest BCUT2D eigenvalue weighted by molar-refractivity contribution is 7.89. The molecule has 0 saturated heterocycles. The van der Waals surface area contributed by atoms with Gasteiger partial charge in [-0.3, -0.25) is 0 Å². The Labute approximate surface area is 117 Å². The van der Waals surface area contributed by atoms with Crippen LogP contribution >= 0.6 is 0 Å². The van der Waals surface area contributed by atoms with Crippen molar-refractivity contribution in [2.45, 2.75) is 25.2 Å². The molecule has 108 valence electrons. The van der Waals surface area contributed by atoms with Gasteiger partial charge in [-0.1, -0.05) is 0 Å². The van der Waals surface area contributed by atoms with Gasteiger partial charge in [-0.15, -0.1) is 0 Å². The van der Waals surface area contributed by atoms with Crippen molar-refractivity contribution in [3.8, 4) is 0 Å². The predicted molar refractivity (Wildman–Crippen MR) is 73.4 cm³/mol. The second kappa shape index (κ2) is 5.72. The number of sulfonamides is 1. The van der Waals surface area contributed by atoms with Gasteiger partial charge in [-0.2, -0.15) is 0 Å². The fourth-order valence-corrected chi connectivity index (χ4v) is 2.90. The number of rotatable bonds is 5. The maximum Gasteiger partial charge on any atom is 0.240 e. The molecular weight excluding hydrogens is 281 g/mol. The second-order valence-corrected chi connectivity index (χ2v) is 6.32. The average molecular weight is 297 g/mol. The van der Waals surface area contributed by atoms with E-state index in [1.807, 2.05) is 6.92 Å². The lowest BCUT2D eigenvalue weighted by molar-refractivity contribution is 0.580. The molecule has 0 spiro atoms. The molecule has 0 saturated carbocycles. The number of aromatic nitrogens is 2. The summed E-state index contributed by atoms with van der Waals surface area (Å²) in [4.78, 5) is 7.13. The number of nitrogens with one attached hydrogen (secondary N) is 2. The summed E-state index contributed by atoms with van der Waals surface area (Å²) in [5.74, 6) is 0.369. The van der Waals surface area contributed by atoms with Gasteiger partial charge in [0.2, 0.25) is 10.0 Å². The van der Waals surface area contributed by atoms with E-state index < -0.39 is 15.8 Å². The number of aromatic amines is 1. The molecule has 1 aromatic heterocycles. The molecular formula is C13H16FN3O2S. The minimum absolute atomic E-state index is 0.0668. The number of aryl methyl sites for hydroxylation is 2. The highest BCUT2D eigenvalue weighted by atomic mass is 32.2. The monoisotopic (exact) mass is 297 g/mol. The summed E-state index contributed by atoms with van der Waals surface area (Å²) < 4.78 is 39.7. The molecule has 5 nitrogen and oxygen atoms in total. The molecule has 2 aromatic rings. The first-order chi connectivity index (χ1) is 9.38. The summed E-state index contributed by atoms with van der Waals surface area (Å²) in [7, 11) is -3.61. The van der Waals surface area contributed by atoms with E-state index in [1.54, 1.807) is 6.20 Å². The molecule has 0 bridgehead atoms. The second-order valence-electron chi connectivity index (χ2n) is 4.55. The van der Waals surface area contributed by atoms with Crippen LogP contribution in [0.2, 0.25) is 0 Å². The Bertz CT molecular complexity index is 710. The summed E-state index contributed by atoms with van der Waals surface area (Å²) in [6.07, 6.45) is 2.19. The highest BCUT2D eigenvalue weighted by Crippen LogP contribution is 2.14. The quantitative estimate of drug-likeness (QED) is 0.882. The number of nitrogens with zero attached hydrogens (tertiary/aromatic N) is 1. The van der Waals surface area contributed by atoms with Crippen LogP contribution in [0.25, 0.3) is 0 Å². The van der Waals surface area contributed by atoms with Gasteiger partial charge in [-0.25, -0.2) is 22.5 Å². The number of imidazole rings is 1. The van der Waals surface area contributed by atoms with Crippen LogP contribution in [0.3, 0.4) is 0 Å². The van der Waals surface area contributed by atoms with Crippen LogP contribution in [0, 0.1) is 19.7 Å². The van der Waals surface area contributed by atoms with E-state index in [9.17, 15) is 12.8 Å². The molecule has 7 heteroatoms. The largest absolute Gasteiger partial charge is 0.346 e. The van der Waals surface area contributed by atoms with Crippen LogP contribution in [0.5, 0.6) is 0 Å². The first-order valence-electron chi connectivity index (χ1n) is 6.15. The van der Waals surface area contributed by atoms with Crippen molar-refractivity contribution in [2.75, 3.05) is 6.54 Å². The third kappa shape index (κ3) is 3.43. The van der Waals surface area contributed by atoms with Crippen molar-refractivity contribution in [1.82, 2.24) is 14.7 Å². The molecule has 20 heavy (non-hydrogen) atoms. The lowest BCUT2D eigenvalue weighted by atomic mass is 10.2. The number of H-pyrrole nitrogens is 1. The van der Waals surface area contributed by atoms with Gasteiger partial charge >= 0.3 is 0 Å². The van der Waals surface area contributed by atoms with E-state index >= 15 is 0 Å². The van der Waals surface area contributed by atoms with E-state index in [0.29, 0.717) is 12.0 Å². The van der Waals surface area contributed by atoms with Gasteiger partial charge in [0.1, 0.15) is 11.6 Å². The van der Waals surface area contributed by atoms with Crippen LogP contribution in [0.15, 0.2) is 29.3 Å². The fraction of sp³-hybridized carbons (Fsp3) is 0.308. The van der Waals surface area contributed by atoms with Crippen LogP contribution in [-0.2, 0) is 16.4 Å². The molecule has 2 N–H and O–H groups in total. The number of hydrogen-bond acceptors (Lipinski definition) is 3. The fourth-order valence-electron chi connectivity index (χ4n) is 1.79. The maximum absolute atomic E-state index is 13.1. The molecule has 0 aliphatic carbocycles. The van der Waals surface area contributed by atoms with E-state index in [1.165, 1.54) is 19.1 Å². The van der Waals surface area contributed by atoms with E-state index in [4.69, 9.17) is 0 Å². The van der Waals surface area contributed by atoms with Crippen molar-refractivity contribution >= 4 is 10.0 Å². The number of halogens is 1. The number of benzene rings is 1. The Balaban J connectivity index is 2.02. The predicted octanol–water partition coefficient (Wildman–Crippen LogP) is 1.69. The van der Waals surface area contributed by atoms with Crippen molar-refractivity contribution in [3.63, 3.8) is 0 Å². The molecule has 0 aliphatic heterocycles. The summed E-state index contributed by atoms with van der Waals surface area (Å²) in [5.41, 5.74) is 1.16. The van der Waals surface area contributed by atoms with Crippen molar-refractivity contribution in [3.05, 3.63) is 47.3 Å². The molecule has 0 unspecified atom stereocenters. The van der Waals surface area contributed by atoms with Gasteiger partial charge in [0, 0.05) is 24.9 Å². The standard InChI is InChI=1S/C13H16FN3O2S/c1-9-7-12(3-4-13(9)14)20(18,19)16-6-5-11-8-15-10(2)17-11/h3-4,7-8,16H,5-6H2,1-2H3,(H,15,17). The molecule has 0 amide bonds. The molecule has 0 fully saturated rings. The first-order valence-corrected chi connectivity index (χ1v) is 7.63. The van der Waals surface area contributed by atoms with Crippen molar-refractivity contribution in [2.24, 2.45) is 0 Å². The third-order valence-electron chi connectivity index (χ3n) is 2.88. The molecule has 1 heterocycles. The summed E-state index contributed by atoms with van der Waals surface area (Å²) in [5, 5.41) is 0. The third-order valence-corrected chi connectivity index (χ3v) is 4.34. The minimum atomic E-state index is -3.61. The smallest absolute Gasteiger partial charge is 0.240 e. The topological polar surface area (TPSA) is 74.8 Å². The highest BCUT2D eigenvalue weighted by Gasteiger charge is 2.14. The van der Waals surface area contributed by atoms with Crippen LogP contribution in [0.1, 0.15) is 17.1 Å². The van der Waals surface area contributed by atoms with E-state index in [-0.39, 0.29) is 11.4 Å². The minimum Gasteiger partial charge on any atom is -0.346 e. The Morgan fingerprint density at radius 3 is 2.70 bits per heavy atom. The summed E-state index contributed by atoms with van der Waals surface area (Å²) >= 11 is 0. The zero-order valence-electron chi connectivity index (χ0n) is 11.3. The number of hydrogen-bond donors (Lipinski definition) is 2. The summed E-state index contributed by atoms with van der Waals surface area (Å²) in [6, 6.07) is 3.73. The zero-order chi connectivity index (χ0) is 14.8. The molecule has 2 rings (SSSR count). The Kier molecular flexibility index (Phi) is 4.20. The SMILES string of the molecule is Cc1ncc(CCNS(=O)(=O)c2ccc(F)c(C)c2)[nH]1. The molecule has 0 atom stereocenters. The maximum atomic E-state index is 13.1. The van der Waals surface area contributed by atoms with Crippen molar-refractivity contribution in [1.29, 1.82) is 0 Å². The lowest BCUT2D eigenvalue weighted by Crippen LogP contribution is -2.26. The van der Waals surface area contributed by atoms with Gasteiger partial charge in [0.15, 0.2) is 0 Å². The molecule has 1 aromatic carbocycles. The summed E-state index contributed by atoms with van der Waals surface area (Å²) in [6.45, 7) is 3.61. The van der Waals surface area contributed by atoms with Crippen molar-refractivity contribution < 1.29 is 12.8 Å². The lowest BCUT2D eigenvalue weighted by Gasteiger charge is -2.07. The average Bonchev–Trinajstić information content (AvgIpc) is 2.78. The Hall–Kier alpha value is -1.73. The first kappa shape index (κ1) is 14.7. The van der Waals surface area contributed by atoms with Crippen LogP contribution in [-0.4, -0.2) is 24.9 Å². The molecule has 0 radical (unpaired) electrons. The van der Waals surface area contributed by atoms with Gasteiger partial charge in [0.25, 0.3) is 0 Å². The molecule has 0 aliphatic rings. The van der Waals surface area contributed by atoms with Gasteiger partial charge in [0.05, 0.1) is 4.90 Å². The Morgan fingerprint density at radius 1 is 1.35 bits per heavy atom. The zero-order valence-corrected chi connectivity index (χ0v) is 12.1. The Morgan fingerprint density at radius 2 is 2.10 bits per heavy atom. The normalized spacial score (nSPS) is 11.8. The van der Waals surface area contributed by atoms with E-state index in [2.05, 4.69) is 14.7 Å². The van der Waals surface area contributed by atoms with Gasteiger partial charge < -0.3 is 4.98 Å². The van der Waals surface area contributed by atoms with Crippen LogP contribution < -0.4 is 4.72 Å². The van der Waals surface area contributed by atoms with Gasteiger partial charge in [-0.05, 0) is 37.6 Å².